The first-order valence-electron chi connectivity index (χ1n) is 7.60. The number of rotatable bonds is 7. The van der Waals surface area contributed by atoms with E-state index in [1.807, 2.05) is 37.3 Å². The van der Waals surface area contributed by atoms with Gasteiger partial charge >= 0.3 is 0 Å². The lowest BCUT2D eigenvalue weighted by Gasteiger charge is -2.11. The Bertz CT molecular complexity index is 722. The van der Waals surface area contributed by atoms with E-state index in [1.165, 1.54) is 24.6 Å². The van der Waals surface area contributed by atoms with Crippen molar-refractivity contribution in [1.82, 2.24) is 14.8 Å². The Morgan fingerprint density at radius 2 is 2.13 bits per heavy atom. The van der Waals surface area contributed by atoms with Crippen molar-refractivity contribution < 1.29 is 4.79 Å². The predicted octanol–water partition coefficient (Wildman–Crippen LogP) is 4.47. The maximum atomic E-state index is 12.6. The number of carbonyl (C=O) groups is 1. The Hall–Kier alpha value is -1.40. The molecule has 1 saturated carbocycles. The molecule has 0 N–H and O–H groups in total. The van der Waals surface area contributed by atoms with Gasteiger partial charge in [0.1, 0.15) is 5.82 Å². The van der Waals surface area contributed by atoms with Crippen LogP contribution in [0.25, 0.3) is 0 Å². The highest BCUT2D eigenvalue weighted by atomic mass is 79.9. The van der Waals surface area contributed by atoms with Gasteiger partial charge in [-0.1, -0.05) is 45.9 Å². The Balaban J connectivity index is 1.76. The number of hydrogen-bond donors (Lipinski definition) is 0. The van der Waals surface area contributed by atoms with Gasteiger partial charge in [0.15, 0.2) is 10.9 Å². The van der Waals surface area contributed by atoms with Crippen molar-refractivity contribution in [3.63, 3.8) is 0 Å². The summed E-state index contributed by atoms with van der Waals surface area (Å²) in [5.41, 5.74) is 0.713. The van der Waals surface area contributed by atoms with Crippen LogP contribution in [0.5, 0.6) is 0 Å². The number of nitrogens with zero attached hydrogens (tertiary/aromatic N) is 3. The van der Waals surface area contributed by atoms with Gasteiger partial charge in [0.25, 0.3) is 0 Å². The SMILES string of the molecule is C=CCn1c(SC(C)C(=O)c2ccc(Br)cc2)nnc1C1CC1. The van der Waals surface area contributed by atoms with Gasteiger partial charge in [-0.3, -0.25) is 4.79 Å². The summed E-state index contributed by atoms with van der Waals surface area (Å²) in [6, 6.07) is 7.45. The molecule has 0 radical (unpaired) electrons. The number of ketones is 1. The van der Waals surface area contributed by atoms with E-state index in [9.17, 15) is 4.79 Å². The minimum Gasteiger partial charge on any atom is -0.302 e. The van der Waals surface area contributed by atoms with Crippen LogP contribution in [0.4, 0.5) is 0 Å². The quantitative estimate of drug-likeness (QED) is 0.396. The minimum atomic E-state index is -0.212. The number of carbonyl (C=O) groups excluding carboxylic acids is 1. The number of thioether (sulfide) groups is 1. The van der Waals surface area contributed by atoms with Gasteiger partial charge in [0.05, 0.1) is 5.25 Å². The van der Waals surface area contributed by atoms with E-state index in [1.54, 1.807) is 0 Å². The number of Topliss-reactive ketones (excluding diaryl/α,β-unsaturated/α-hetero) is 1. The monoisotopic (exact) mass is 391 g/mol. The molecule has 3 rings (SSSR count). The van der Waals surface area contributed by atoms with Crippen LogP contribution in [0.3, 0.4) is 0 Å². The lowest BCUT2D eigenvalue weighted by molar-refractivity contribution is 0.0994. The van der Waals surface area contributed by atoms with Gasteiger partial charge in [0, 0.05) is 22.5 Å². The van der Waals surface area contributed by atoms with Crippen molar-refractivity contribution >= 4 is 33.5 Å². The number of allylic oxidation sites excluding steroid dienone is 1. The molecule has 120 valence electrons. The summed E-state index contributed by atoms with van der Waals surface area (Å²) in [6.07, 6.45) is 4.20. The van der Waals surface area contributed by atoms with Crippen molar-refractivity contribution in [2.45, 2.75) is 42.6 Å². The lowest BCUT2D eigenvalue weighted by Crippen LogP contribution is -2.15. The number of hydrogen-bond acceptors (Lipinski definition) is 4. The van der Waals surface area contributed by atoms with Crippen molar-refractivity contribution in [2.75, 3.05) is 0 Å². The topological polar surface area (TPSA) is 47.8 Å². The smallest absolute Gasteiger partial charge is 0.192 e. The zero-order chi connectivity index (χ0) is 16.4. The lowest BCUT2D eigenvalue weighted by atomic mass is 10.1. The predicted molar refractivity (Wildman–Crippen MR) is 96.0 cm³/mol. The fourth-order valence-electron chi connectivity index (χ4n) is 2.39. The van der Waals surface area contributed by atoms with E-state index in [2.05, 4.69) is 37.3 Å². The number of halogens is 1. The van der Waals surface area contributed by atoms with Crippen molar-refractivity contribution in [2.24, 2.45) is 0 Å². The van der Waals surface area contributed by atoms with E-state index in [4.69, 9.17) is 0 Å². The zero-order valence-corrected chi connectivity index (χ0v) is 15.3. The summed E-state index contributed by atoms with van der Waals surface area (Å²) in [4.78, 5) is 12.6. The fourth-order valence-corrected chi connectivity index (χ4v) is 3.60. The number of benzene rings is 1. The molecule has 1 unspecified atom stereocenters. The maximum Gasteiger partial charge on any atom is 0.192 e. The van der Waals surface area contributed by atoms with E-state index in [-0.39, 0.29) is 11.0 Å². The third kappa shape index (κ3) is 3.75. The molecule has 6 heteroatoms. The van der Waals surface area contributed by atoms with Crippen LogP contribution in [0, 0.1) is 0 Å². The van der Waals surface area contributed by atoms with Gasteiger partial charge < -0.3 is 4.57 Å². The maximum absolute atomic E-state index is 12.6. The highest BCUT2D eigenvalue weighted by Gasteiger charge is 2.31. The van der Waals surface area contributed by atoms with Gasteiger partial charge in [0.2, 0.25) is 0 Å². The van der Waals surface area contributed by atoms with Crippen LogP contribution in [0.2, 0.25) is 0 Å². The molecule has 1 heterocycles. The second kappa shape index (κ2) is 7.01. The summed E-state index contributed by atoms with van der Waals surface area (Å²) >= 11 is 4.85. The molecule has 1 aliphatic rings. The zero-order valence-electron chi connectivity index (χ0n) is 12.9. The highest BCUT2D eigenvalue weighted by Crippen LogP contribution is 2.40. The summed E-state index contributed by atoms with van der Waals surface area (Å²) in [5, 5.41) is 9.20. The second-order valence-electron chi connectivity index (χ2n) is 5.65. The van der Waals surface area contributed by atoms with Gasteiger partial charge in [-0.25, -0.2) is 0 Å². The molecule has 0 amide bonds. The van der Waals surface area contributed by atoms with E-state index in [0.29, 0.717) is 18.0 Å². The van der Waals surface area contributed by atoms with Gasteiger partial charge in [-0.05, 0) is 31.9 Å². The van der Waals surface area contributed by atoms with Crippen LogP contribution >= 0.6 is 27.7 Å². The third-order valence-corrected chi connectivity index (χ3v) is 5.39. The molecule has 23 heavy (non-hydrogen) atoms. The second-order valence-corrected chi connectivity index (χ2v) is 7.87. The number of aromatic nitrogens is 3. The molecule has 4 nitrogen and oxygen atoms in total. The molecule has 1 aliphatic carbocycles. The molecular weight excluding hydrogens is 374 g/mol. The van der Waals surface area contributed by atoms with Crippen molar-refractivity contribution in [3.05, 3.63) is 52.8 Å². The summed E-state index contributed by atoms with van der Waals surface area (Å²) in [6.45, 7) is 6.41. The molecule has 1 fully saturated rings. The van der Waals surface area contributed by atoms with Crippen LogP contribution in [0.15, 0.2) is 46.5 Å². The molecule has 0 bridgehead atoms. The molecule has 0 aliphatic heterocycles. The normalized spacial score (nSPS) is 15.4. The average molecular weight is 392 g/mol. The molecule has 1 atom stereocenters. The highest BCUT2D eigenvalue weighted by molar-refractivity contribution is 9.10. The van der Waals surface area contributed by atoms with E-state index >= 15 is 0 Å². The molecule has 0 spiro atoms. The standard InChI is InChI=1S/C17H18BrN3OS/c1-3-10-21-16(13-4-5-13)19-20-17(21)23-11(2)15(22)12-6-8-14(18)9-7-12/h3,6-9,11,13H,1,4-5,10H2,2H3. The fraction of sp³-hybridized carbons (Fsp3) is 0.353. The Labute approximate surface area is 148 Å². The molecule has 2 aromatic rings. The van der Waals surface area contributed by atoms with E-state index in [0.717, 1.165) is 15.5 Å². The Kier molecular flexibility index (Phi) is 5.02. The summed E-state index contributed by atoms with van der Waals surface area (Å²) in [7, 11) is 0. The first kappa shape index (κ1) is 16.5. The first-order valence-corrected chi connectivity index (χ1v) is 9.28. The third-order valence-electron chi connectivity index (χ3n) is 3.78. The Morgan fingerprint density at radius 1 is 1.43 bits per heavy atom. The average Bonchev–Trinajstić information content (AvgIpc) is 3.32. The molecule has 0 saturated heterocycles. The van der Waals surface area contributed by atoms with Crippen molar-refractivity contribution in [3.8, 4) is 0 Å². The minimum absolute atomic E-state index is 0.101. The van der Waals surface area contributed by atoms with E-state index < -0.39 is 0 Å². The van der Waals surface area contributed by atoms with Gasteiger partial charge in [-0.2, -0.15) is 0 Å². The van der Waals surface area contributed by atoms with Crippen LogP contribution in [-0.4, -0.2) is 25.8 Å². The van der Waals surface area contributed by atoms with Crippen LogP contribution in [-0.2, 0) is 6.54 Å². The van der Waals surface area contributed by atoms with Crippen LogP contribution in [0.1, 0.15) is 41.9 Å². The molecule has 1 aromatic heterocycles. The Morgan fingerprint density at radius 3 is 2.74 bits per heavy atom. The largest absolute Gasteiger partial charge is 0.302 e. The van der Waals surface area contributed by atoms with Gasteiger partial charge in [-0.15, -0.1) is 16.8 Å². The first-order chi connectivity index (χ1) is 11.1. The summed E-state index contributed by atoms with van der Waals surface area (Å²) < 4.78 is 3.05. The molecule has 1 aromatic carbocycles. The summed E-state index contributed by atoms with van der Waals surface area (Å²) in [5.74, 6) is 1.65. The van der Waals surface area contributed by atoms with Crippen molar-refractivity contribution in [1.29, 1.82) is 0 Å². The van der Waals surface area contributed by atoms with Crippen LogP contribution < -0.4 is 0 Å². The molecular formula is C17H18BrN3OS.